The lowest BCUT2D eigenvalue weighted by Crippen LogP contribution is -1.99. The molecular weight excluding hydrogens is 284 g/mol. The van der Waals surface area contributed by atoms with E-state index in [2.05, 4.69) is 15.6 Å². The Morgan fingerprint density at radius 1 is 1.29 bits per heavy atom. The van der Waals surface area contributed by atoms with Crippen molar-refractivity contribution in [3.05, 3.63) is 64.6 Å². The molecule has 0 aliphatic rings. The van der Waals surface area contributed by atoms with Crippen LogP contribution in [0.3, 0.4) is 0 Å². The van der Waals surface area contributed by atoms with Crippen molar-refractivity contribution in [1.29, 1.82) is 5.26 Å². The van der Waals surface area contributed by atoms with Gasteiger partial charge in [-0.15, -0.1) is 0 Å². The van der Waals surface area contributed by atoms with Gasteiger partial charge in [-0.05, 0) is 35.4 Å². The quantitative estimate of drug-likeness (QED) is 0.807. The first-order valence-corrected chi connectivity index (χ1v) is 6.91. The summed E-state index contributed by atoms with van der Waals surface area (Å²) in [5.74, 6) is 0. The number of pyridine rings is 1. The molecule has 0 unspecified atom stereocenters. The van der Waals surface area contributed by atoms with Gasteiger partial charge < -0.3 is 10.3 Å². The third-order valence-electron chi connectivity index (χ3n) is 3.44. The van der Waals surface area contributed by atoms with Gasteiger partial charge in [0, 0.05) is 35.9 Å². The van der Waals surface area contributed by atoms with Gasteiger partial charge in [-0.2, -0.15) is 5.26 Å². The molecule has 5 heteroatoms. The van der Waals surface area contributed by atoms with Crippen molar-refractivity contribution in [1.82, 2.24) is 9.55 Å². The first-order valence-electron chi connectivity index (χ1n) is 6.53. The molecule has 0 bridgehead atoms. The summed E-state index contributed by atoms with van der Waals surface area (Å²) in [6, 6.07) is 11.5. The highest BCUT2D eigenvalue weighted by molar-refractivity contribution is 6.31. The molecule has 0 aliphatic heterocycles. The molecule has 3 aromatic rings. The molecule has 0 aliphatic carbocycles. The van der Waals surface area contributed by atoms with Crippen molar-refractivity contribution in [2.24, 2.45) is 5.73 Å². The predicted octanol–water partition coefficient (Wildman–Crippen LogP) is 3.07. The molecule has 0 saturated carbocycles. The maximum atomic E-state index is 8.93. The molecule has 0 amide bonds. The van der Waals surface area contributed by atoms with E-state index >= 15 is 0 Å². The summed E-state index contributed by atoms with van der Waals surface area (Å²) in [4.78, 5) is 3.99. The van der Waals surface area contributed by atoms with E-state index in [1.54, 1.807) is 12.3 Å². The standard InChI is InChI=1S/C16H13ClN4/c17-13-1-2-15-12(7-18)10-21(16(15)6-13)9-11-3-4-20-14(5-11)8-19/h1-6,10H,7,9,18H2. The fourth-order valence-electron chi connectivity index (χ4n) is 2.47. The number of hydrogen-bond acceptors (Lipinski definition) is 3. The van der Waals surface area contributed by atoms with E-state index in [9.17, 15) is 0 Å². The Labute approximate surface area is 127 Å². The monoisotopic (exact) mass is 296 g/mol. The van der Waals surface area contributed by atoms with Crippen LogP contribution in [0.15, 0.2) is 42.7 Å². The van der Waals surface area contributed by atoms with Crippen molar-refractivity contribution < 1.29 is 0 Å². The summed E-state index contributed by atoms with van der Waals surface area (Å²) in [6.45, 7) is 1.12. The van der Waals surface area contributed by atoms with Crippen LogP contribution in [0.25, 0.3) is 10.9 Å². The van der Waals surface area contributed by atoms with Gasteiger partial charge in [-0.3, -0.25) is 0 Å². The number of aromatic nitrogens is 2. The lowest BCUT2D eigenvalue weighted by molar-refractivity contribution is 0.827. The van der Waals surface area contributed by atoms with E-state index in [0.29, 0.717) is 23.8 Å². The minimum absolute atomic E-state index is 0.418. The molecular formula is C16H13ClN4. The highest BCUT2D eigenvalue weighted by atomic mass is 35.5. The number of nitrogens with zero attached hydrogens (tertiary/aromatic N) is 3. The van der Waals surface area contributed by atoms with Crippen molar-refractivity contribution in [3.63, 3.8) is 0 Å². The average Bonchev–Trinajstić information content (AvgIpc) is 2.84. The maximum absolute atomic E-state index is 8.93. The van der Waals surface area contributed by atoms with Crippen molar-refractivity contribution >= 4 is 22.5 Å². The molecule has 2 aromatic heterocycles. The summed E-state index contributed by atoms with van der Waals surface area (Å²) >= 11 is 6.10. The molecule has 1 aromatic carbocycles. The Hall–Kier alpha value is -2.35. The molecule has 0 fully saturated rings. The number of fused-ring (bicyclic) bond motifs is 1. The van der Waals surface area contributed by atoms with Crippen LogP contribution in [0.2, 0.25) is 5.02 Å². The summed E-state index contributed by atoms with van der Waals surface area (Å²) in [6.07, 6.45) is 3.68. The van der Waals surface area contributed by atoms with E-state index < -0.39 is 0 Å². The van der Waals surface area contributed by atoms with E-state index in [1.807, 2.05) is 30.5 Å². The van der Waals surface area contributed by atoms with Gasteiger partial charge in [0.25, 0.3) is 0 Å². The van der Waals surface area contributed by atoms with Gasteiger partial charge in [-0.25, -0.2) is 4.98 Å². The van der Waals surface area contributed by atoms with E-state index in [-0.39, 0.29) is 0 Å². The Morgan fingerprint density at radius 3 is 2.90 bits per heavy atom. The topological polar surface area (TPSA) is 67.6 Å². The Balaban J connectivity index is 2.07. The number of rotatable bonds is 3. The first-order chi connectivity index (χ1) is 10.2. The third kappa shape index (κ3) is 2.62. The van der Waals surface area contributed by atoms with Crippen LogP contribution >= 0.6 is 11.6 Å². The minimum atomic E-state index is 0.418. The second-order valence-corrected chi connectivity index (χ2v) is 5.25. The van der Waals surface area contributed by atoms with Gasteiger partial charge in [0.1, 0.15) is 11.8 Å². The van der Waals surface area contributed by atoms with Crippen LogP contribution < -0.4 is 5.73 Å². The number of hydrogen-bond donors (Lipinski definition) is 1. The zero-order valence-corrected chi connectivity index (χ0v) is 12.0. The number of benzene rings is 1. The molecule has 0 saturated heterocycles. The smallest absolute Gasteiger partial charge is 0.140 e. The summed E-state index contributed by atoms with van der Waals surface area (Å²) in [5, 5.41) is 10.7. The SMILES string of the molecule is N#Cc1cc(Cn2cc(CN)c3ccc(Cl)cc32)ccn1. The summed E-state index contributed by atoms with van der Waals surface area (Å²) in [7, 11) is 0. The van der Waals surface area contributed by atoms with Gasteiger partial charge in [-0.1, -0.05) is 17.7 Å². The predicted molar refractivity (Wildman–Crippen MR) is 82.9 cm³/mol. The largest absolute Gasteiger partial charge is 0.343 e. The minimum Gasteiger partial charge on any atom is -0.343 e. The molecule has 104 valence electrons. The van der Waals surface area contributed by atoms with E-state index in [1.165, 1.54) is 0 Å². The number of halogens is 1. The van der Waals surface area contributed by atoms with E-state index in [0.717, 1.165) is 22.0 Å². The van der Waals surface area contributed by atoms with Crippen LogP contribution in [0.4, 0.5) is 0 Å². The Bertz CT molecular complexity index is 845. The van der Waals surface area contributed by atoms with Crippen molar-refractivity contribution in [3.8, 4) is 6.07 Å². The molecule has 3 rings (SSSR count). The summed E-state index contributed by atoms with van der Waals surface area (Å²) in [5.41, 5.74) is 9.36. The van der Waals surface area contributed by atoms with E-state index in [4.69, 9.17) is 22.6 Å². The number of nitrogens with two attached hydrogens (primary N) is 1. The average molecular weight is 297 g/mol. The normalized spacial score (nSPS) is 10.7. The van der Waals surface area contributed by atoms with Crippen LogP contribution in [0.5, 0.6) is 0 Å². The fraction of sp³-hybridized carbons (Fsp3) is 0.125. The molecule has 0 atom stereocenters. The lowest BCUT2D eigenvalue weighted by atomic mass is 10.2. The van der Waals surface area contributed by atoms with Crippen LogP contribution in [0.1, 0.15) is 16.8 Å². The van der Waals surface area contributed by atoms with Gasteiger partial charge in [0.2, 0.25) is 0 Å². The number of nitriles is 1. The molecule has 2 N–H and O–H groups in total. The second-order valence-electron chi connectivity index (χ2n) is 4.81. The fourth-order valence-corrected chi connectivity index (χ4v) is 2.63. The van der Waals surface area contributed by atoms with Crippen molar-refractivity contribution in [2.75, 3.05) is 0 Å². The van der Waals surface area contributed by atoms with Crippen LogP contribution in [-0.2, 0) is 13.1 Å². The molecule has 0 spiro atoms. The van der Waals surface area contributed by atoms with Gasteiger partial charge in [0.05, 0.1) is 5.52 Å². The van der Waals surface area contributed by atoms with Crippen LogP contribution in [-0.4, -0.2) is 9.55 Å². The molecule has 21 heavy (non-hydrogen) atoms. The molecule has 2 heterocycles. The van der Waals surface area contributed by atoms with Gasteiger partial charge in [0.15, 0.2) is 0 Å². The first kappa shape index (κ1) is 13.6. The van der Waals surface area contributed by atoms with Crippen molar-refractivity contribution in [2.45, 2.75) is 13.1 Å². The zero-order chi connectivity index (χ0) is 14.8. The lowest BCUT2D eigenvalue weighted by Gasteiger charge is -2.06. The summed E-state index contributed by atoms with van der Waals surface area (Å²) < 4.78 is 2.10. The molecule has 0 radical (unpaired) electrons. The second kappa shape index (κ2) is 5.57. The Morgan fingerprint density at radius 2 is 2.14 bits per heavy atom. The van der Waals surface area contributed by atoms with Crippen LogP contribution in [0, 0.1) is 11.3 Å². The Kier molecular flexibility index (Phi) is 3.61. The highest BCUT2D eigenvalue weighted by Crippen LogP contribution is 2.25. The highest BCUT2D eigenvalue weighted by Gasteiger charge is 2.09. The molecule has 4 nitrogen and oxygen atoms in total. The van der Waals surface area contributed by atoms with Gasteiger partial charge >= 0.3 is 0 Å². The zero-order valence-electron chi connectivity index (χ0n) is 11.3. The third-order valence-corrected chi connectivity index (χ3v) is 3.67. The maximum Gasteiger partial charge on any atom is 0.140 e.